The number of methoxy groups -OCH3 is 4. The lowest BCUT2D eigenvalue weighted by Crippen LogP contribution is -2.46. The van der Waals surface area contributed by atoms with Crippen molar-refractivity contribution in [3.8, 4) is 35.1 Å². The molecule has 0 saturated carbocycles. The summed E-state index contributed by atoms with van der Waals surface area (Å²) >= 11 is 6.78. The van der Waals surface area contributed by atoms with Crippen LogP contribution in [0.15, 0.2) is 198 Å². The maximum atomic E-state index is 8.87. The second-order valence-electron chi connectivity index (χ2n) is 25.3. The standard InChI is InChI=1S/C19H17N3O2.C12H11N3.C10H7N3.C10H11N3.C9H22N2O.C9H6N2.C9H13NO2.C7H6Br2/c1-21-15-5-7-17-13(10-15)8-9-22(19(17)20)12-14-4-6-16(23-2)11-18(14)24-3;1-14-12-5-4-11(9-13)10(8-12)6-7-15(2)3;1-12-8-2-3-9-7(6-8)4-5-13-10(9)11;11-6-7-1-2-9-8(5-7)3-4-13-10(9)12;1-9(2,3)12-8(10(4)5)11(6)7;1-7-5-9(11-2)4-3-8(7)6-10;1-11-8-4-3-7(6-10)9(5-8)12-2;1-5-4-6(8)2-3-7(5)9/h4-11,20H,12H2,2-3H3;4-8H,2-3H3;2-6H,(H2,11,13);1-5H,6,11H2,(H2,12,13);8H,1-7H3;3-5H,1H3;3-5H,6,10H2,1-2H3;2-4H,1H3/b;7-6+;;;;;;. The molecular formula is C85H93Br2N17O5. The quantitative estimate of drug-likeness (QED) is 0.0530. The number of hydrogen-bond acceptors (Lipinski definition) is 17. The summed E-state index contributed by atoms with van der Waals surface area (Å²) in [6, 6.07) is 54.0. The highest BCUT2D eigenvalue weighted by Gasteiger charge is 2.22. The van der Waals surface area contributed by atoms with Gasteiger partial charge in [-0.3, -0.25) is 15.2 Å². The molecule has 3 heterocycles. The van der Waals surface area contributed by atoms with Gasteiger partial charge in [-0.2, -0.15) is 10.5 Å². The van der Waals surface area contributed by atoms with Gasteiger partial charge in [0, 0.05) is 94.1 Å². The molecule has 109 heavy (non-hydrogen) atoms. The number of pyridine rings is 3. The van der Waals surface area contributed by atoms with Crippen LogP contribution in [0.4, 0.5) is 34.4 Å². The van der Waals surface area contributed by atoms with Crippen LogP contribution >= 0.6 is 31.9 Å². The number of fused-ring (bicyclic) bond motifs is 3. The highest BCUT2D eigenvalue weighted by atomic mass is 79.9. The third-order valence-corrected chi connectivity index (χ3v) is 16.8. The number of aromatic nitrogens is 3. The number of nitrogens with zero attached hydrogens (tertiary/aromatic N) is 12. The van der Waals surface area contributed by atoms with E-state index in [0.717, 1.165) is 92.1 Å². The third kappa shape index (κ3) is 28.9. The first kappa shape index (κ1) is 89.2. The Morgan fingerprint density at radius 1 is 0.550 bits per heavy atom. The van der Waals surface area contributed by atoms with Gasteiger partial charge < -0.3 is 56.1 Å². The van der Waals surface area contributed by atoms with E-state index in [2.05, 4.69) is 101 Å². The van der Waals surface area contributed by atoms with E-state index >= 15 is 0 Å². The van der Waals surface area contributed by atoms with E-state index in [1.54, 1.807) is 101 Å². The zero-order chi connectivity index (χ0) is 80.9. The van der Waals surface area contributed by atoms with Gasteiger partial charge in [-0.1, -0.05) is 105 Å². The Morgan fingerprint density at radius 2 is 1.03 bits per heavy atom. The first-order valence-corrected chi connectivity index (χ1v) is 35.2. The number of rotatable bonds is 13. The predicted molar refractivity (Wildman–Crippen MR) is 447 cm³/mol. The summed E-state index contributed by atoms with van der Waals surface area (Å²) in [5.41, 5.74) is 32.2. The molecule has 0 atom stereocenters. The molecule has 0 spiro atoms. The van der Waals surface area contributed by atoms with Crippen molar-refractivity contribution in [3.63, 3.8) is 0 Å². The topological polar surface area (TPSA) is 280 Å². The molecular weight excluding hydrogens is 1500 g/mol. The summed E-state index contributed by atoms with van der Waals surface area (Å²) in [5.74, 6) is 4.09. The Balaban J connectivity index is 0.000000268. The zero-order valence-electron chi connectivity index (χ0n) is 64.1. The lowest BCUT2D eigenvalue weighted by atomic mass is 10.1. The Labute approximate surface area is 657 Å². The van der Waals surface area contributed by atoms with Gasteiger partial charge >= 0.3 is 0 Å². The van der Waals surface area contributed by atoms with Gasteiger partial charge in [0.2, 0.25) is 0 Å². The smallest absolute Gasteiger partial charge is 0.187 e. The zero-order valence-corrected chi connectivity index (χ0v) is 67.3. The average molecular weight is 1590 g/mol. The molecule has 24 heteroatoms. The third-order valence-electron chi connectivity index (χ3n) is 15.5. The molecule has 0 saturated heterocycles. The SMILES string of the molecule is CN(C)C(OC(C)(C)C)N(C)C.COc1ccc(CN)c(OC)c1.Cc1cc(Br)ccc1Br.NCc1ccc2c(N)nccc2c1.[C-]#[N+]c1ccc(C#N)c(/C=C/N(C)C)c1.[C-]#[N+]c1ccc(C#N)c(C)c1.[C-]#[N+]c1ccc2c(=N)n(Cc3ccc(OC)cc3OC)ccc2c1.[C-]#[N+]c1ccc2c(N)nccc2c1. The molecule has 22 nitrogen and oxygen atoms in total. The molecule has 8 aromatic carbocycles. The van der Waals surface area contributed by atoms with Crippen molar-refractivity contribution in [2.24, 2.45) is 11.5 Å². The van der Waals surface area contributed by atoms with Crippen molar-refractivity contribution in [1.29, 1.82) is 15.9 Å². The monoisotopic (exact) mass is 1590 g/mol. The van der Waals surface area contributed by atoms with E-state index in [0.29, 0.717) is 70.6 Å². The fourth-order valence-electron chi connectivity index (χ4n) is 9.86. The van der Waals surface area contributed by atoms with Crippen LogP contribution in [0.1, 0.15) is 65.3 Å². The van der Waals surface area contributed by atoms with Crippen molar-refractivity contribution in [2.75, 3.05) is 82.2 Å². The number of hydrogen-bond donors (Lipinski definition) is 5. The predicted octanol–water partition coefficient (Wildman–Crippen LogP) is 18.3. The van der Waals surface area contributed by atoms with Crippen LogP contribution in [0.2, 0.25) is 0 Å². The highest BCUT2D eigenvalue weighted by Crippen LogP contribution is 2.29. The Hall–Kier alpha value is -12.2. The fraction of sp³-hybridized carbons (Fsp3) is 0.235. The van der Waals surface area contributed by atoms with E-state index in [1.807, 2.05) is 190 Å². The minimum absolute atomic E-state index is 0.0463. The highest BCUT2D eigenvalue weighted by molar-refractivity contribution is 9.11. The lowest BCUT2D eigenvalue weighted by molar-refractivity contribution is -0.178. The van der Waals surface area contributed by atoms with E-state index in [4.69, 9.17) is 88.8 Å². The Morgan fingerprint density at radius 3 is 1.48 bits per heavy atom. The van der Waals surface area contributed by atoms with Gasteiger partial charge in [0.1, 0.15) is 40.1 Å². The minimum Gasteiger partial charge on any atom is -0.497 e. The number of anilines is 2. The summed E-state index contributed by atoms with van der Waals surface area (Å²) < 4.78 is 30.8. The molecule has 0 amide bonds. The molecule has 0 bridgehead atoms. The molecule has 3 aromatic heterocycles. The molecule has 0 unspecified atom stereocenters. The minimum atomic E-state index is -0.0980. The van der Waals surface area contributed by atoms with Gasteiger partial charge in [-0.05, 0) is 192 Å². The first-order chi connectivity index (χ1) is 52.0. The normalized spacial score (nSPS) is 10.2. The second kappa shape index (κ2) is 45.4. The Kier molecular flexibility index (Phi) is 37.1. The average Bonchev–Trinajstić information content (AvgIpc) is 0.780. The van der Waals surface area contributed by atoms with Gasteiger partial charge in [-0.15, -0.1) is 0 Å². The molecule has 0 fully saturated rings. The second-order valence-corrected chi connectivity index (χ2v) is 27.0. The lowest BCUT2D eigenvalue weighted by Gasteiger charge is -2.35. The molecule has 11 aromatic rings. The Bertz CT molecular complexity index is 5200. The van der Waals surface area contributed by atoms with Crippen molar-refractivity contribution < 1.29 is 23.7 Å². The summed E-state index contributed by atoms with van der Waals surface area (Å²) in [6.45, 7) is 39.2. The number of nitrogen functional groups attached to an aromatic ring is 2. The van der Waals surface area contributed by atoms with Crippen LogP contribution in [0, 0.1) is 68.2 Å². The molecule has 11 rings (SSSR count). The number of nitriles is 2. The van der Waals surface area contributed by atoms with E-state index in [1.165, 1.54) is 5.56 Å². The fourth-order valence-corrected chi connectivity index (χ4v) is 10.6. The van der Waals surface area contributed by atoms with Crippen molar-refractivity contribution in [2.45, 2.75) is 66.2 Å². The molecule has 0 radical (unpaired) electrons. The van der Waals surface area contributed by atoms with Crippen molar-refractivity contribution >= 4 is 105 Å². The number of halogens is 2. The molecule has 562 valence electrons. The van der Waals surface area contributed by atoms with Gasteiger partial charge in [0.05, 0.1) is 90.1 Å². The molecule has 0 aliphatic rings. The summed E-state index contributed by atoms with van der Waals surface area (Å²) in [5, 5.41) is 31.5. The van der Waals surface area contributed by atoms with Crippen molar-refractivity contribution in [3.05, 3.63) is 293 Å². The van der Waals surface area contributed by atoms with Crippen LogP contribution in [-0.4, -0.2) is 112 Å². The maximum Gasteiger partial charge on any atom is 0.187 e. The van der Waals surface area contributed by atoms with Gasteiger partial charge in [-0.25, -0.2) is 29.3 Å². The van der Waals surface area contributed by atoms with E-state index in [9.17, 15) is 0 Å². The van der Waals surface area contributed by atoms with Crippen LogP contribution in [-0.2, 0) is 24.4 Å². The number of benzene rings is 8. The molecule has 0 aliphatic heterocycles. The first-order valence-electron chi connectivity index (χ1n) is 33.6. The number of nitrogens with one attached hydrogen (secondary N) is 1. The van der Waals surface area contributed by atoms with Gasteiger partial charge in [0.25, 0.3) is 0 Å². The molecule has 9 N–H and O–H groups in total. The largest absolute Gasteiger partial charge is 0.497 e. The summed E-state index contributed by atoms with van der Waals surface area (Å²) in [6.07, 6.45) is 8.94. The van der Waals surface area contributed by atoms with Gasteiger partial charge in [0.15, 0.2) is 29.1 Å². The number of nitrogens with two attached hydrogens (primary N) is 4. The number of ether oxygens (including phenoxy) is 5. The van der Waals surface area contributed by atoms with Crippen LogP contribution in [0.25, 0.3) is 57.8 Å². The van der Waals surface area contributed by atoms with Crippen LogP contribution < -0.4 is 47.4 Å². The summed E-state index contributed by atoms with van der Waals surface area (Å²) in [7, 11) is 18.3. The van der Waals surface area contributed by atoms with Crippen LogP contribution in [0.3, 0.4) is 0 Å². The van der Waals surface area contributed by atoms with Crippen LogP contribution in [0.5, 0.6) is 23.0 Å². The molecule has 0 aliphatic carbocycles. The van der Waals surface area contributed by atoms with E-state index in [-0.39, 0.29) is 12.0 Å². The van der Waals surface area contributed by atoms with E-state index < -0.39 is 0 Å². The summed E-state index contributed by atoms with van der Waals surface area (Å²) in [4.78, 5) is 27.3. The maximum absolute atomic E-state index is 8.87. The number of aryl methyl sites for hydroxylation is 2. The van der Waals surface area contributed by atoms with Crippen molar-refractivity contribution in [1.82, 2.24) is 29.2 Å².